The lowest BCUT2D eigenvalue weighted by atomic mass is 10.1. The molecule has 0 radical (unpaired) electrons. The van der Waals surface area contributed by atoms with Crippen LogP contribution in [0.1, 0.15) is 23.2 Å². The number of esters is 1. The molecule has 1 aromatic heterocycles. The first-order valence-corrected chi connectivity index (χ1v) is 6.15. The SMILES string of the molecule is COC(=O)c1cccnc1NC1CCC(=O)N(C)C1. The summed E-state index contributed by atoms with van der Waals surface area (Å²) in [5.74, 6) is 0.227. The van der Waals surface area contributed by atoms with Gasteiger partial charge in [-0.05, 0) is 18.6 Å². The Morgan fingerprint density at radius 3 is 3.05 bits per heavy atom. The summed E-state index contributed by atoms with van der Waals surface area (Å²) in [7, 11) is 3.11. The molecular weight excluding hydrogens is 246 g/mol. The molecule has 6 nitrogen and oxygen atoms in total. The monoisotopic (exact) mass is 263 g/mol. The normalized spacial score (nSPS) is 19.2. The number of carbonyl (C=O) groups is 2. The van der Waals surface area contributed by atoms with Crippen molar-refractivity contribution in [2.45, 2.75) is 18.9 Å². The second-order valence-electron chi connectivity index (χ2n) is 4.55. The second-order valence-corrected chi connectivity index (χ2v) is 4.55. The minimum Gasteiger partial charge on any atom is -0.465 e. The Hall–Kier alpha value is -2.11. The minimum absolute atomic E-state index is 0.0982. The number of aromatic nitrogens is 1. The Labute approximate surface area is 111 Å². The molecule has 2 heterocycles. The zero-order chi connectivity index (χ0) is 13.8. The van der Waals surface area contributed by atoms with Crippen LogP contribution < -0.4 is 5.32 Å². The molecule has 1 amide bonds. The van der Waals surface area contributed by atoms with Gasteiger partial charge < -0.3 is 15.0 Å². The zero-order valence-electron chi connectivity index (χ0n) is 11.0. The van der Waals surface area contributed by atoms with E-state index in [1.165, 1.54) is 7.11 Å². The number of likely N-dealkylation sites (tertiary alicyclic amines) is 1. The van der Waals surface area contributed by atoms with Crippen LogP contribution in [0.3, 0.4) is 0 Å². The Morgan fingerprint density at radius 1 is 1.58 bits per heavy atom. The largest absolute Gasteiger partial charge is 0.465 e. The van der Waals surface area contributed by atoms with E-state index in [9.17, 15) is 9.59 Å². The lowest BCUT2D eigenvalue weighted by Gasteiger charge is -2.30. The highest BCUT2D eigenvalue weighted by atomic mass is 16.5. The molecule has 1 aliphatic rings. The van der Waals surface area contributed by atoms with Crippen molar-refractivity contribution >= 4 is 17.7 Å². The maximum Gasteiger partial charge on any atom is 0.341 e. The summed E-state index contributed by atoms with van der Waals surface area (Å²) in [5, 5.41) is 3.21. The first-order chi connectivity index (χ1) is 9.11. The van der Waals surface area contributed by atoms with Crippen molar-refractivity contribution in [3.05, 3.63) is 23.9 Å². The topological polar surface area (TPSA) is 71.5 Å². The standard InChI is InChI=1S/C13H17N3O3/c1-16-8-9(5-6-11(16)17)15-12-10(13(18)19-2)4-3-7-14-12/h3-4,7,9H,5-6,8H2,1-2H3,(H,14,15). The summed E-state index contributed by atoms with van der Waals surface area (Å²) in [6.07, 6.45) is 2.86. The van der Waals surface area contributed by atoms with E-state index in [4.69, 9.17) is 4.74 Å². The molecule has 1 aliphatic heterocycles. The van der Waals surface area contributed by atoms with Crippen molar-refractivity contribution < 1.29 is 14.3 Å². The molecule has 1 N–H and O–H groups in total. The van der Waals surface area contributed by atoms with Crippen molar-refractivity contribution in [1.29, 1.82) is 0 Å². The van der Waals surface area contributed by atoms with Crippen LogP contribution in [-0.4, -0.2) is 48.5 Å². The third kappa shape index (κ3) is 3.01. The fourth-order valence-corrected chi connectivity index (χ4v) is 2.12. The number of rotatable bonds is 3. The van der Waals surface area contributed by atoms with Gasteiger partial charge in [-0.15, -0.1) is 0 Å². The molecule has 102 valence electrons. The highest BCUT2D eigenvalue weighted by molar-refractivity contribution is 5.94. The molecular formula is C13H17N3O3. The summed E-state index contributed by atoms with van der Waals surface area (Å²) < 4.78 is 4.72. The van der Waals surface area contributed by atoms with E-state index >= 15 is 0 Å². The van der Waals surface area contributed by atoms with Crippen LogP contribution in [0.25, 0.3) is 0 Å². The number of hydrogen-bond donors (Lipinski definition) is 1. The lowest BCUT2D eigenvalue weighted by Crippen LogP contribution is -2.43. The predicted molar refractivity (Wildman–Crippen MR) is 69.9 cm³/mol. The molecule has 0 bridgehead atoms. The van der Waals surface area contributed by atoms with E-state index in [0.717, 1.165) is 6.42 Å². The minimum atomic E-state index is -0.421. The van der Waals surface area contributed by atoms with Gasteiger partial charge in [-0.1, -0.05) is 0 Å². The number of likely N-dealkylation sites (N-methyl/N-ethyl adjacent to an activating group) is 1. The Bertz CT molecular complexity index is 490. The van der Waals surface area contributed by atoms with Gasteiger partial charge in [-0.25, -0.2) is 9.78 Å². The first-order valence-electron chi connectivity index (χ1n) is 6.15. The zero-order valence-corrected chi connectivity index (χ0v) is 11.0. The van der Waals surface area contributed by atoms with E-state index in [1.54, 1.807) is 30.3 Å². The van der Waals surface area contributed by atoms with Crippen LogP contribution in [0.15, 0.2) is 18.3 Å². The smallest absolute Gasteiger partial charge is 0.341 e. The van der Waals surface area contributed by atoms with Crippen molar-refractivity contribution in [2.24, 2.45) is 0 Å². The maximum atomic E-state index is 11.6. The van der Waals surface area contributed by atoms with Gasteiger partial charge in [0.15, 0.2) is 0 Å². The number of nitrogens with zero attached hydrogens (tertiary/aromatic N) is 2. The Kier molecular flexibility index (Phi) is 3.99. The first kappa shape index (κ1) is 13.3. The van der Waals surface area contributed by atoms with Gasteiger partial charge in [0.2, 0.25) is 5.91 Å². The van der Waals surface area contributed by atoms with Crippen LogP contribution in [0.5, 0.6) is 0 Å². The number of ether oxygens (including phenoxy) is 1. The van der Waals surface area contributed by atoms with E-state index in [2.05, 4.69) is 10.3 Å². The highest BCUT2D eigenvalue weighted by Gasteiger charge is 2.24. The average Bonchev–Trinajstić information content (AvgIpc) is 2.43. The molecule has 0 spiro atoms. The molecule has 1 saturated heterocycles. The molecule has 1 aromatic rings. The summed E-state index contributed by atoms with van der Waals surface area (Å²) >= 11 is 0. The third-order valence-electron chi connectivity index (χ3n) is 3.18. The molecule has 1 unspecified atom stereocenters. The van der Waals surface area contributed by atoms with Crippen molar-refractivity contribution in [3.63, 3.8) is 0 Å². The number of piperidine rings is 1. The van der Waals surface area contributed by atoms with E-state index in [0.29, 0.717) is 24.3 Å². The number of nitrogens with one attached hydrogen (secondary N) is 1. The van der Waals surface area contributed by atoms with E-state index < -0.39 is 5.97 Å². The van der Waals surface area contributed by atoms with Gasteiger partial charge in [0.05, 0.1) is 7.11 Å². The molecule has 0 aromatic carbocycles. The number of hydrogen-bond acceptors (Lipinski definition) is 5. The number of anilines is 1. The summed E-state index contributed by atoms with van der Waals surface area (Å²) in [6.45, 7) is 0.607. The molecule has 2 rings (SSSR count). The predicted octanol–water partition coefficient (Wildman–Crippen LogP) is 0.901. The van der Waals surface area contributed by atoms with Gasteiger partial charge >= 0.3 is 5.97 Å². The maximum absolute atomic E-state index is 11.6. The average molecular weight is 263 g/mol. The van der Waals surface area contributed by atoms with Crippen LogP contribution in [0.2, 0.25) is 0 Å². The molecule has 19 heavy (non-hydrogen) atoms. The van der Waals surface area contributed by atoms with Gasteiger partial charge in [0.1, 0.15) is 11.4 Å². The van der Waals surface area contributed by atoms with E-state index in [-0.39, 0.29) is 11.9 Å². The van der Waals surface area contributed by atoms with Crippen molar-refractivity contribution in [2.75, 3.05) is 26.0 Å². The fraction of sp³-hybridized carbons (Fsp3) is 0.462. The lowest BCUT2D eigenvalue weighted by molar-refractivity contribution is -0.132. The van der Waals surface area contributed by atoms with Crippen LogP contribution >= 0.6 is 0 Å². The quantitative estimate of drug-likeness (QED) is 0.820. The van der Waals surface area contributed by atoms with Crippen LogP contribution in [0, 0.1) is 0 Å². The Balaban J connectivity index is 2.11. The molecule has 1 atom stereocenters. The Morgan fingerprint density at radius 2 is 2.37 bits per heavy atom. The molecule has 0 saturated carbocycles. The van der Waals surface area contributed by atoms with Gasteiger partial charge in [0.25, 0.3) is 0 Å². The third-order valence-corrected chi connectivity index (χ3v) is 3.18. The number of carbonyl (C=O) groups excluding carboxylic acids is 2. The molecule has 1 fully saturated rings. The van der Waals surface area contributed by atoms with Gasteiger partial charge in [-0.3, -0.25) is 4.79 Å². The second kappa shape index (κ2) is 5.69. The van der Waals surface area contributed by atoms with Gasteiger partial charge in [0, 0.05) is 32.3 Å². The summed E-state index contributed by atoms with van der Waals surface area (Å²) in [5.41, 5.74) is 0.407. The fourth-order valence-electron chi connectivity index (χ4n) is 2.12. The number of methoxy groups -OCH3 is 1. The van der Waals surface area contributed by atoms with E-state index in [1.807, 2.05) is 0 Å². The summed E-state index contributed by atoms with van der Waals surface area (Å²) in [6, 6.07) is 3.45. The van der Waals surface area contributed by atoms with Crippen LogP contribution in [-0.2, 0) is 9.53 Å². The van der Waals surface area contributed by atoms with Crippen molar-refractivity contribution in [3.8, 4) is 0 Å². The molecule has 0 aliphatic carbocycles. The highest BCUT2D eigenvalue weighted by Crippen LogP contribution is 2.18. The number of pyridine rings is 1. The molecule has 6 heteroatoms. The van der Waals surface area contributed by atoms with Crippen molar-refractivity contribution in [1.82, 2.24) is 9.88 Å². The summed E-state index contributed by atoms with van der Waals surface area (Å²) in [4.78, 5) is 28.9. The number of amides is 1. The van der Waals surface area contributed by atoms with Gasteiger partial charge in [-0.2, -0.15) is 0 Å². The van der Waals surface area contributed by atoms with Crippen LogP contribution in [0.4, 0.5) is 5.82 Å².